The Hall–Kier alpha value is -3.18. The zero-order valence-electron chi connectivity index (χ0n) is 16.5. The Morgan fingerprint density at radius 2 is 1.94 bits per heavy atom. The SMILES string of the molecule is O=C(CCc1nc(-c2cccnc2)no1)N1CCN(S(=O)(=O)c2cccc(F)c2)CC1. The van der Waals surface area contributed by atoms with E-state index in [1.807, 2.05) is 6.07 Å². The number of aryl methyl sites for hydroxylation is 1. The van der Waals surface area contributed by atoms with E-state index in [0.29, 0.717) is 11.7 Å². The van der Waals surface area contributed by atoms with Crippen LogP contribution in [0.3, 0.4) is 0 Å². The Balaban J connectivity index is 1.30. The number of benzene rings is 1. The number of hydrogen-bond donors (Lipinski definition) is 0. The summed E-state index contributed by atoms with van der Waals surface area (Å²) < 4.78 is 45.2. The normalized spacial score (nSPS) is 15.2. The van der Waals surface area contributed by atoms with Gasteiger partial charge in [0.05, 0.1) is 4.90 Å². The van der Waals surface area contributed by atoms with E-state index in [1.54, 1.807) is 23.4 Å². The molecular weight excluding hydrogens is 425 g/mol. The number of piperazine rings is 1. The van der Waals surface area contributed by atoms with Crippen molar-refractivity contribution < 1.29 is 22.1 Å². The molecule has 0 atom stereocenters. The molecule has 11 heteroatoms. The first-order chi connectivity index (χ1) is 14.9. The number of amides is 1. The van der Waals surface area contributed by atoms with E-state index in [9.17, 15) is 17.6 Å². The molecule has 4 rings (SSSR count). The standard InChI is InChI=1S/C20H20FN5O4S/c21-16-4-1-5-17(13-16)31(28,29)26-11-9-25(10-12-26)19(27)7-6-18-23-20(24-30-18)15-3-2-8-22-14-15/h1-5,8,13-14H,6-7,9-12H2. The molecule has 0 bridgehead atoms. The van der Waals surface area contributed by atoms with Gasteiger partial charge in [0, 0.05) is 57.0 Å². The highest BCUT2D eigenvalue weighted by Gasteiger charge is 2.30. The molecule has 0 radical (unpaired) electrons. The van der Waals surface area contributed by atoms with E-state index in [1.165, 1.54) is 22.5 Å². The summed E-state index contributed by atoms with van der Waals surface area (Å²) in [6, 6.07) is 8.49. The zero-order chi connectivity index (χ0) is 21.8. The van der Waals surface area contributed by atoms with Gasteiger partial charge in [0.25, 0.3) is 0 Å². The van der Waals surface area contributed by atoms with Crippen molar-refractivity contribution in [3.63, 3.8) is 0 Å². The molecule has 2 aromatic heterocycles. The monoisotopic (exact) mass is 445 g/mol. The smallest absolute Gasteiger partial charge is 0.243 e. The van der Waals surface area contributed by atoms with Gasteiger partial charge in [-0.25, -0.2) is 12.8 Å². The maximum absolute atomic E-state index is 13.4. The van der Waals surface area contributed by atoms with Gasteiger partial charge in [0.1, 0.15) is 5.82 Å². The molecule has 0 spiro atoms. The van der Waals surface area contributed by atoms with Gasteiger partial charge in [0.15, 0.2) is 0 Å². The second kappa shape index (κ2) is 8.90. The van der Waals surface area contributed by atoms with Gasteiger partial charge in [-0.3, -0.25) is 9.78 Å². The van der Waals surface area contributed by atoms with Crippen LogP contribution in [0.15, 0.2) is 58.2 Å². The lowest BCUT2D eigenvalue weighted by molar-refractivity contribution is -0.132. The first-order valence-corrected chi connectivity index (χ1v) is 11.1. The molecule has 1 aliphatic heterocycles. The molecule has 162 valence electrons. The minimum absolute atomic E-state index is 0.0897. The molecule has 31 heavy (non-hydrogen) atoms. The van der Waals surface area contributed by atoms with Gasteiger partial charge in [0.2, 0.25) is 27.6 Å². The molecule has 0 saturated carbocycles. The van der Waals surface area contributed by atoms with Crippen molar-refractivity contribution in [2.24, 2.45) is 0 Å². The predicted molar refractivity (Wildman–Crippen MR) is 108 cm³/mol. The predicted octanol–water partition coefficient (Wildman–Crippen LogP) is 1.74. The lowest BCUT2D eigenvalue weighted by atomic mass is 10.2. The molecule has 0 unspecified atom stereocenters. The second-order valence-corrected chi connectivity index (χ2v) is 8.93. The molecule has 0 N–H and O–H groups in total. The van der Waals surface area contributed by atoms with E-state index in [4.69, 9.17) is 4.52 Å². The Morgan fingerprint density at radius 3 is 2.65 bits per heavy atom. The molecule has 1 amide bonds. The molecule has 1 saturated heterocycles. The highest BCUT2D eigenvalue weighted by molar-refractivity contribution is 7.89. The number of sulfonamides is 1. The van der Waals surface area contributed by atoms with Gasteiger partial charge in [-0.05, 0) is 30.3 Å². The van der Waals surface area contributed by atoms with Gasteiger partial charge in [-0.15, -0.1) is 0 Å². The van der Waals surface area contributed by atoms with E-state index in [0.717, 1.165) is 11.6 Å². The number of carbonyl (C=O) groups is 1. The van der Waals surface area contributed by atoms with Crippen molar-refractivity contribution in [3.8, 4) is 11.4 Å². The Bertz CT molecular complexity index is 1160. The summed E-state index contributed by atoms with van der Waals surface area (Å²) in [5, 5.41) is 3.90. The highest BCUT2D eigenvalue weighted by Crippen LogP contribution is 2.19. The van der Waals surface area contributed by atoms with Gasteiger partial charge >= 0.3 is 0 Å². The maximum atomic E-state index is 13.4. The third-order valence-corrected chi connectivity index (χ3v) is 6.86. The van der Waals surface area contributed by atoms with E-state index in [-0.39, 0.29) is 49.8 Å². The van der Waals surface area contributed by atoms with Gasteiger partial charge < -0.3 is 9.42 Å². The number of aromatic nitrogens is 3. The molecule has 9 nitrogen and oxygen atoms in total. The van der Waals surface area contributed by atoms with Gasteiger partial charge in [-0.2, -0.15) is 9.29 Å². The zero-order valence-corrected chi connectivity index (χ0v) is 17.3. The summed E-state index contributed by atoms with van der Waals surface area (Å²) in [6.07, 6.45) is 3.72. The van der Waals surface area contributed by atoms with Crippen LogP contribution < -0.4 is 0 Å². The summed E-state index contributed by atoms with van der Waals surface area (Å²) in [6.45, 7) is 0.822. The molecule has 0 aliphatic carbocycles. The fourth-order valence-corrected chi connectivity index (χ4v) is 4.75. The summed E-state index contributed by atoms with van der Waals surface area (Å²) in [4.78, 5) is 22.3. The average Bonchev–Trinajstić information content (AvgIpc) is 3.27. The molecule has 3 heterocycles. The van der Waals surface area contributed by atoms with Crippen molar-refractivity contribution >= 4 is 15.9 Å². The molecule has 1 fully saturated rings. The fourth-order valence-electron chi connectivity index (χ4n) is 3.30. The van der Waals surface area contributed by atoms with E-state index < -0.39 is 15.8 Å². The first kappa shape index (κ1) is 21.1. The van der Waals surface area contributed by atoms with E-state index >= 15 is 0 Å². The number of halogens is 1. The van der Waals surface area contributed by atoms with E-state index in [2.05, 4.69) is 15.1 Å². The van der Waals surface area contributed by atoms with Crippen molar-refractivity contribution in [1.82, 2.24) is 24.3 Å². The van der Waals surface area contributed by atoms with Crippen LogP contribution in [0, 0.1) is 5.82 Å². The average molecular weight is 445 g/mol. The fraction of sp³-hybridized carbons (Fsp3) is 0.300. The lowest BCUT2D eigenvalue weighted by Gasteiger charge is -2.34. The molecule has 1 aliphatic rings. The van der Waals surface area contributed by atoms with Crippen molar-refractivity contribution in [3.05, 3.63) is 60.5 Å². The minimum atomic E-state index is -3.80. The Morgan fingerprint density at radius 1 is 1.13 bits per heavy atom. The number of carbonyl (C=O) groups excluding carboxylic acids is 1. The second-order valence-electron chi connectivity index (χ2n) is 7.00. The van der Waals surface area contributed by atoms with Crippen LogP contribution in [0.25, 0.3) is 11.4 Å². The van der Waals surface area contributed by atoms with Crippen LogP contribution >= 0.6 is 0 Å². The van der Waals surface area contributed by atoms with Crippen LogP contribution in [-0.2, 0) is 21.2 Å². The maximum Gasteiger partial charge on any atom is 0.243 e. The Kier molecular flexibility index (Phi) is 6.05. The van der Waals surface area contributed by atoms with Crippen molar-refractivity contribution in [2.45, 2.75) is 17.7 Å². The van der Waals surface area contributed by atoms with Crippen LogP contribution in [0.5, 0.6) is 0 Å². The minimum Gasteiger partial charge on any atom is -0.340 e. The summed E-state index contributed by atoms with van der Waals surface area (Å²) in [5.74, 6) is 0.0257. The largest absolute Gasteiger partial charge is 0.340 e. The highest BCUT2D eigenvalue weighted by atomic mass is 32.2. The third kappa shape index (κ3) is 4.78. The lowest BCUT2D eigenvalue weighted by Crippen LogP contribution is -2.50. The van der Waals surface area contributed by atoms with Crippen LogP contribution in [0.2, 0.25) is 0 Å². The van der Waals surface area contributed by atoms with Gasteiger partial charge in [-0.1, -0.05) is 11.2 Å². The topological polar surface area (TPSA) is 109 Å². The number of hydrogen-bond acceptors (Lipinski definition) is 7. The van der Waals surface area contributed by atoms with Crippen LogP contribution in [-0.4, -0.2) is 64.8 Å². The number of pyridine rings is 1. The van der Waals surface area contributed by atoms with Crippen LogP contribution in [0.4, 0.5) is 4.39 Å². The number of nitrogens with zero attached hydrogens (tertiary/aromatic N) is 5. The van der Waals surface area contributed by atoms with Crippen molar-refractivity contribution in [2.75, 3.05) is 26.2 Å². The summed E-state index contributed by atoms with van der Waals surface area (Å²) >= 11 is 0. The number of rotatable bonds is 6. The van der Waals surface area contributed by atoms with Crippen LogP contribution in [0.1, 0.15) is 12.3 Å². The summed E-state index contributed by atoms with van der Waals surface area (Å²) in [5.41, 5.74) is 0.722. The quantitative estimate of drug-likeness (QED) is 0.568. The molecule has 1 aromatic carbocycles. The molecule has 3 aromatic rings. The molecular formula is C20H20FN5O4S. The van der Waals surface area contributed by atoms with Crippen molar-refractivity contribution in [1.29, 1.82) is 0 Å². The summed E-state index contributed by atoms with van der Waals surface area (Å²) in [7, 11) is -3.80. The Labute approximate surface area is 178 Å². The third-order valence-electron chi connectivity index (χ3n) is 4.97. The first-order valence-electron chi connectivity index (χ1n) is 9.70.